The molecule has 2 heterocycles. The predicted molar refractivity (Wildman–Crippen MR) is 91.0 cm³/mol. The molecular formula is C16H22FN3O4S. The number of halogens is 1. The predicted octanol–water partition coefficient (Wildman–Crippen LogP) is 0.987. The minimum Gasteiger partial charge on any atom is -0.506 e. The Hall–Kier alpha value is -1.87. The van der Waals surface area contributed by atoms with Crippen LogP contribution in [0.25, 0.3) is 0 Å². The fraction of sp³-hybridized carbons (Fsp3) is 0.562. The summed E-state index contributed by atoms with van der Waals surface area (Å²) < 4.78 is 40.6. The van der Waals surface area contributed by atoms with E-state index in [-0.39, 0.29) is 0 Å². The van der Waals surface area contributed by atoms with Gasteiger partial charge in [-0.05, 0) is 56.5 Å². The van der Waals surface area contributed by atoms with Crippen LogP contribution in [-0.2, 0) is 21.4 Å². The number of hydrogen-bond acceptors (Lipinski definition) is 5. The molecule has 0 saturated carbocycles. The molecule has 1 unspecified atom stereocenters. The first kappa shape index (κ1) is 17.9. The van der Waals surface area contributed by atoms with Crippen LogP contribution in [0.2, 0.25) is 0 Å². The van der Waals surface area contributed by atoms with E-state index in [0.29, 0.717) is 22.2 Å². The molecule has 1 atom stereocenters. The van der Waals surface area contributed by atoms with E-state index in [1.54, 1.807) is 4.72 Å². The van der Waals surface area contributed by atoms with Gasteiger partial charge in [-0.15, -0.1) is 0 Å². The molecule has 0 aromatic heterocycles. The lowest BCUT2D eigenvalue weighted by Gasteiger charge is -2.21. The summed E-state index contributed by atoms with van der Waals surface area (Å²) in [6.45, 7) is 1.41. The van der Waals surface area contributed by atoms with Crippen LogP contribution < -0.4 is 9.03 Å². The number of rotatable bonds is 3. The van der Waals surface area contributed by atoms with E-state index in [4.69, 9.17) is 0 Å². The zero-order valence-electron chi connectivity index (χ0n) is 14.0. The maximum atomic E-state index is 14.5. The number of aromatic hydroxyl groups is 1. The van der Waals surface area contributed by atoms with Gasteiger partial charge in [0.25, 0.3) is 5.91 Å². The molecule has 1 aromatic carbocycles. The second kappa shape index (κ2) is 6.80. The van der Waals surface area contributed by atoms with Crippen LogP contribution in [0.3, 0.4) is 0 Å². The van der Waals surface area contributed by atoms with Gasteiger partial charge < -0.3 is 10.0 Å². The van der Waals surface area contributed by atoms with Gasteiger partial charge in [0.15, 0.2) is 5.82 Å². The van der Waals surface area contributed by atoms with Gasteiger partial charge in [0, 0.05) is 6.54 Å². The third-order valence-corrected chi connectivity index (χ3v) is 6.05. The lowest BCUT2D eigenvalue weighted by atomic mass is 9.94. The first-order chi connectivity index (χ1) is 11.8. The fourth-order valence-electron chi connectivity index (χ4n) is 3.59. The average molecular weight is 371 g/mol. The Morgan fingerprint density at radius 2 is 2.12 bits per heavy atom. The summed E-state index contributed by atoms with van der Waals surface area (Å²) in [5.74, 6) is -1.73. The van der Waals surface area contributed by atoms with E-state index in [0.717, 1.165) is 32.4 Å². The zero-order valence-corrected chi connectivity index (χ0v) is 14.9. The molecule has 2 saturated heterocycles. The highest BCUT2D eigenvalue weighted by Gasteiger charge is 2.37. The van der Waals surface area contributed by atoms with Crippen molar-refractivity contribution in [3.05, 3.63) is 23.5 Å². The van der Waals surface area contributed by atoms with Crippen molar-refractivity contribution in [1.82, 2.24) is 9.62 Å². The number of phenols is 1. The molecule has 138 valence electrons. The summed E-state index contributed by atoms with van der Waals surface area (Å²) >= 11 is 0. The number of carbonyl (C=O) groups excluding carboxylic acids is 1. The van der Waals surface area contributed by atoms with Gasteiger partial charge in [-0.3, -0.25) is 4.79 Å². The van der Waals surface area contributed by atoms with Gasteiger partial charge in [-0.1, -0.05) is 6.42 Å². The molecule has 0 spiro atoms. The molecule has 7 nitrogen and oxygen atoms in total. The summed E-state index contributed by atoms with van der Waals surface area (Å²) in [7, 11) is -2.10. The van der Waals surface area contributed by atoms with E-state index in [1.807, 2.05) is 0 Å². The van der Waals surface area contributed by atoms with Crippen molar-refractivity contribution in [2.24, 2.45) is 5.92 Å². The third kappa shape index (κ3) is 3.87. The minimum absolute atomic E-state index is 0.357. The molecule has 2 aliphatic rings. The maximum absolute atomic E-state index is 14.5. The molecule has 0 aliphatic carbocycles. The number of nitrogens with zero attached hydrogens (tertiary/aromatic N) is 2. The molecule has 3 rings (SSSR count). The third-order valence-electron chi connectivity index (χ3n) is 4.67. The van der Waals surface area contributed by atoms with Gasteiger partial charge in [-0.25, -0.2) is 13.4 Å². The van der Waals surface area contributed by atoms with Crippen molar-refractivity contribution in [3.63, 3.8) is 0 Å². The largest absolute Gasteiger partial charge is 0.506 e. The van der Waals surface area contributed by atoms with Crippen molar-refractivity contribution in [2.75, 3.05) is 31.0 Å². The molecule has 1 amide bonds. The Morgan fingerprint density at radius 1 is 1.36 bits per heavy atom. The normalized spacial score (nSPS) is 24.2. The first-order valence-corrected chi connectivity index (χ1v) is 9.73. The van der Waals surface area contributed by atoms with Gasteiger partial charge in [0.2, 0.25) is 0 Å². The minimum atomic E-state index is -4.16. The van der Waals surface area contributed by atoms with E-state index in [1.165, 1.54) is 12.1 Å². The number of amides is 1. The van der Waals surface area contributed by atoms with Crippen LogP contribution in [0, 0.1) is 11.7 Å². The van der Waals surface area contributed by atoms with Crippen molar-refractivity contribution < 1.29 is 22.7 Å². The molecule has 2 fully saturated rings. The van der Waals surface area contributed by atoms with Crippen LogP contribution in [0.15, 0.2) is 12.1 Å². The number of carbonyl (C=O) groups is 1. The number of phenolic OH excluding ortho intramolecular Hbond substituents is 1. The molecule has 1 aromatic rings. The number of hydrogen-bond donors (Lipinski definition) is 2. The van der Waals surface area contributed by atoms with Crippen molar-refractivity contribution in [1.29, 1.82) is 0 Å². The van der Waals surface area contributed by atoms with Gasteiger partial charge in [0.05, 0.1) is 0 Å². The highest BCUT2D eigenvalue weighted by molar-refractivity contribution is 7.92. The Kier molecular flexibility index (Phi) is 4.88. The number of likely N-dealkylation sites (tertiary alicyclic amines) is 1. The summed E-state index contributed by atoms with van der Waals surface area (Å²) in [5.41, 5.74) is 0.134. The smallest absolute Gasteiger partial charge is 0.326 e. The molecule has 9 heteroatoms. The molecule has 0 bridgehead atoms. The molecule has 0 radical (unpaired) electrons. The lowest BCUT2D eigenvalue weighted by molar-refractivity contribution is -0.117. The standard InChI is InChI=1S/C16H22FN3O4S/c1-19-5-3-2-4-11(9-19)6-12-7-13(17)16(14(21)8-12)20-10-15(22)18-25(20,23)24/h7-8,11,21H,2-6,9-10H2,1H3,(H,18,22). The van der Waals surface area contributed by atoms with Crippen molar-refractivity contribution in [2.45, 2.75) is 25.7 Å². The van der Waals surface area contributed by atoms with Gasteiger partial charge in [0.1, 0.15) is 18.0 Å². The van der Waals surface area contributed by atoms with E-state index < -0.39 is 39.9 Å². The summed E-state index contributed by atoms with van der Waals surface area (Å²) in [6, 6.07) is 2.64. The SMILES string of the molecule is CN1CCCCC(Cc2cc(O)c(N3CC(=O)NS3(=O)=O)c(F)c2)C1. The molecular weight excluding hydrogens is 349 g/mol. The summed E-state index contributed by atoms with van der Waals surface area (Å²) in [4.78, 5) is 13.6. The Balaban J connectivity index is 1.84. The van der Waals surface area contributed by atoms with Crippen LogP contribution >= 0.6 is 0 Å². The lowest BCUT2D eigenvalue weighted by Crippen LogP contribution is -2.30. The van der Waals surface area contributed by atoms with Crippen LogP contribution in [0.1, 0.15) is 24.8 Å². The summed E-state index contributed by atoms with van der Waals surface area (Å²) in [6.07, 6.45) is 3.90. The molecule has 25 heavy (non-hydrogen) atoms. The Morgan fingerprint density at radius 3 is 2.76 bits per heavy atom. The maximum Gasteiger partial charge on any atom is 0.326 e. The average Bonchev–Trinajstić information content (AvgIpc) is 2.64. The fourth-order valence-corrected chi connectivity index (χ4v) is 4.76. The first-order valence-electron chi connectivity index (χ1n) is 8.29. The summed E-state index contributed by atoms with van der Waals surface area (Å²) in [5, 5.41) is 10.2. The number of anilines is 1. The van der Waals surface area contributed by atoms with E-state index >= 15 is 0 Å². The topological polar surface area (TPSA) is 89.9 Å². The van der Waals surface area contributed by atoms with Crippen LogP contribution in [0.4, 0.5) is 10.1 Å². The van der Waals surface area contributed by atoms with Gasteiger partial charge >= 0.3 is 10.2 Å². The van der Waals surface area contributed by atoms with E-state index in [9.17, 15) is 22.7 Å². The zero-order chi connectivity index (χ0) is 18.2. The quantitative estimate of drug-likeness (QED) is 0.827. The molecule has 2 N–H and O–H groups in total. The monoisotopic (exact) mass is 371 g/mol. The van der Waals surface area contributed by atoms with Crippen LogP contribution in [-0.4, -0.2) is 51.0 Å². The highest BCUT2D eigenvalue weighted by atomic mass is 32.2. The van der Waals surface area contributed by atoms with Gasteiger partial charge in [-0.2, -0.15) is 8.42 Å². The Bertz CT molecular complexity index is 761. The molecule has 2 aliphatic heterocycles. The van der Waals surface area contributed by atoms with Crippen LogP contribution in [0.5, 0.6) is 5.75 Å². The second-order valence-corrected chi connectivity index (χ2v) is 8.41. The highest BCUT2D eigenvalue weighted by Crippen LogP contribution is 2.35. The van der Waals surface area contributed by atoms with Crippen molar-refractivity contribution in [3.8, 4) is 5.75 Å². The Labute approximate surface area is 146 Å². The number of nitrogens with one attached hydrogen (secondary N) is 1. The second-order valence-electron chi connectivity index (χ2n) is 6.81. The van der Waals surface area contributed by atoms with E-state index in [2.05, 4.69) is 11.9 Å². The van der Waals surface area contributed by atoms with Crippen molar-refractivity contribution >= 4 is 21.8 Å². The number of benzene rings is 1.